The number of likely N-dealkylation sites (tertiary alicyclic amines) is 2. The first-order valence-electron chi connectivity index (χ1n) is 8.54. The maximum atomic E-state index is 5.54. The standard InChI is InChI=1S/C16H33N3O/c1-15(2)20-13-5-7-17-8-12-18-11-6-16(14-18)19-9-3-4-10-19/h15-17H,3-14H2,1-2H3. The van der Waals surface area contributed by atoms with Crippen molar-refractivity contribution in [1.29, 1.82) is 0 Å². The number of hydrogen-bond acceptors (Lipinski definition) is 4. The Labute approximate surface area is 124 Å². The maximum absolute atomic E-state index is 5.54. The Kier molecular flexibility index (Phi) is 7.28. The summed E-state index contributed by atoms with van der Waals surface area (Å²) in [7, 11) is 0. The molecule has 1 unspecified atom stereocenters. The highest BCUT2D eigenvalue weighted by Gasteiger charge is 2.28. The normalized spacial score (nSPS) is 25.1. The van der Waals surface area contributed by atoms with E-state index in [-0.39, 0.29) is 0 Å². The van der Waals surface area contributed by atoms with E-state index >= 15 is 0 Å². The Morgan fingerprint density at radius 3 is 2.70 bits per heavy atom. The first-order valence-corrected chi connectivity index (χ1v) is 8.54. The summed E-state index contributed by atoms with van der Waals surface area (Å²) in [5.41, 5.74) is 0. The van der Waals surface area contributed by atoms with Gasteiger partial charge in [-0.3, -0.25) is 4.90 Å². The van der Waals surface area contributed by atoms with Crippen molar-refractivity contribution in [1.82, 2.24) is 15.1 Å². The van der Waals surface area contributed by atoms with Gasteiger partial charge in [0, 0.05) is 32.3 Å². The zero-order valence-corrected chi connectivity index (χ0v) is 13.4. The van der Waals surface area contributed by atoms with Gasteiger partial charge in [-0.05, 0) is 65.7 Å². The van der Waals surface area contributed by atoms with Gasteiger partial charge in [-0.1, -0.05) is 0 Å². The third-order valence-electron chi connectivity index (χ3n) is 4.46. The van der Waals surface area contributed by atoms with E-state index in [1.807, 2.05) is 0 Å². The molecule has 0 bridgehead atoms. The number of hydrogen-bond donors (Lipinski definition) is 1. The first kappa shape index (κ1) is 16.2. The molecule has 0 amide bonds. The number of nitrogens with one attached hydrogen (secondary N) is 1. The van der Waals surface area contributed by atoms with Gasteiger partial charge in [-0.15, -0.1) is 0 Å². The monoisotopic (exact) mass is 283 g/mol. The largest absolute Gasteiger partial charge is 0.379 e. The van der Waals surface area contributed by atoms with E-state index in [0.717, 1.165) is 32.2 Å². The lowest BCUT2D eigenvalue weighted by Gasteiger charge is -2.23. The van der Waals surface area contributed by atoms with Crippen molar-refractivity contribution in [3.63, 3.8) is 0 Å². The van der Waals surface area contributed by atoms with Crippen LogP contribution in [0.15, 0.2) is 0 Å². The fourth-order valence-corrected chi connectivity index (χ4v) is 3.30. The van der Waals surface area contributed by atoms with Crippen LogP contribution >= 0.6 is 0 Å². The summed E-state index contributed by atoms with van der Waals surface area (Å²) >= 11 is 0. The van der Waals surface area contributed by atoms with Crippen molar-refractivity contribution in [3.05, 3.63) is 0 Å². The summed E-state index contributed by atoms with van der Waals surface area (Å²) in [5.74, 6) is 0. The van der Waals surface area contributed by atoms with Gasteiger partial charge in [-0.2, -0.15) is 0 Å². The van der Waals surface area contributed by atoms with E-state index in [0.29, 0.717) is 6.10 Å². The van der Waals surface area contributed by atoms with Gasteiger partial charge >= 0.3 is 0 Å². The lowest BCUT2D eigenvalue weighted by molar-refractivity contribution is 0.0770. The minimum absolute atomic E-state index is 0.363. The molecule has 1 atom stereocenters. The fraction of sp³-hybridized carbons (Fsp3) is 1.00. The summed E-state index contributed by atoms with van der Waals surface area (Å²) < 4.78 is 5.54. The highest BCUT2D eigenvalue weighted by atomic mass is 16.5. The van der Waals surface area contributed by atoms with E-state index in [2.05, 4.69) is 29.0 Å². The highest BCUT2D eigenvalue weighted by molar-refractivity contribution is 4.85. The topological polar surface area (TPSA) is 27.7 Å². The molecule has 4 nitrogen and oxygen atoms in total. The lowest BCUT2D eigenvalue weighted by Crippen LogP contribution is -2.37. The van der Waals surface area contributed by atoms with Gasteiger partial charge in [0.05, 0.1) is 6.10 Å². The van der Waals surface area contributed by atoms with E-state index in [9.17, 15) is 0 Å². The van der Waals surface area contributed by atoms with Crippen LogP contribution in [-0.4, -0.2) is 74.4 Å². The molecule has 20 heavy (non-hydrogen) atoms. The average molecular weight is 283 g/mol. The smallest absolute Gasteiger partial charge is 0.0518 e. The summed E-state index contributed by atoms with van der Waals surface area (Å²) in [6, 6.07) is 0.844. The van der Waals surface area contributed by atoms with E-state index in [4.69, 9.17) is 4.74 Å². The molecule has 0 radical (unpaired) electrons. The molecular formula is C16H33N3O. The van der Waals surface area contributed by atoms with Crippen molar-refractivity contribution in [2.75, 3.05) is 52.4 Å². The zero-order valence-electron chi connectivity index (χ0n) is 13.4. The summed E-state index contributed by atoms with van der Waals surface area (Å²) in [5, 5.41) is 3.54. The second-order valence-corrected chi connectivity index (χ2v) is 6.51. The molecule has 0 aliphatic carbocycles. The van der Waals surface area contributed by atoms with Crippen LogP contribution in [0, 0.1) is 0 Å². The van der Waals surface area contributed by atoms with Gasteiger partial charge in [0.1, 0.15) is 0 Å². The van der Waals surface area contributed by atoms with Gasteiger partial charge in [-0.25, -0.2) is 0 Å². The van der Waals surface area contributed by atoms with Gasteiger partial charge in [0.15, 0.2) is 0 Å². The number of rotatable bonds is 9. The molecule has 2 fully saturated rings. The maximum Gasteiger partial charge on any atom is 0.0518 e. The quantitative estimate of drug-likeness (QED) is 0.650. The fourth-order valence-electron chi connectivity index (χ4n) is 3.30. The van der Waals surface area contributed by atoms with Crippen LogP contribution in [0.3, 0.4) is 0 Å². The Balaban J connectivity index is 1.44. The predicted octanol–water partition coefficient (Wildman–Crippen LogP) is 1.56. The molecule has 2 heterocycles. The molecule has 0 aromatic carbocycles. The molecule has 2 aliphatic rings. The Morgan fingerprint density at radius 2 is 1.95 bits per heavy atom. The van der Waals surface area contributed by atoms with Crippen molar-refractivity contribution >= 4 is 0 Å². The van der Waals surface area contributed by atoms with Crippen LogP contribution in [0.25, 0.3) is 0 Å². The first-order chi connectivity index (χ1) is 9.75. The van der Waals surface area contributed by atoms with Crippen molar-refractivity contribution in [3.8, 4) is 0 Å². The van der Waals surface area contributed by atoms with E-state index < -0.39 is 0 Å². The van der Waals surface area contributed by atoms with Crippen molar-refractivity contribution in [2.24, 2.45) is 0 Å². The molecule has 1 N–H and O–H groups in total. The summed E-state index contributed by atoms with van der Waals surface area (Å²) in [4.78, 5) is 5.33. The summed E-state index contributed by atoms with van der Waals surface area (Å²) in [6.45, 7) is 13.7. The molecule has 4 heteroatoms. The minimum atomic E-state index is 0.363. The molecule has 0 saturated carbocycles. The minimum Gasteiger partial charge on any atom is -0.379 e. The predicted molar refractivity (Wildman–Crippen MR) is 84.2 cm³/mol. The SMILES string of the molecule is CC(C)OCCCNCCN1CCC(N2CCCC2)C1. The Bertz CT molecular complexity index is 254. The second kappa shape index (κ2) is 8.98. The molecule has 0 spiro atoms. The lowest BCUT2D eigenvalue weighted by atomic mass is 10.2. The second-order valence-electron chi connectivity index (χ2n) is 6.51. The number of nitrogens with zero attached hydrogens (tertiary/aromatic N) is 2. The van der Waals surface area contributed by atoms with Crippen molar-refractivity contribution < 1.29 is 4.74 Å². The van der Waals surface area contributed by atoms with Crippen LogP contribution in [0.4, 0.5) is 0 Å². The Morgan fingerprint density at radius 1 is 1.15 bits per heavy atom. The molecule has 2 rings (SSSR count). The molecule has 0 aromatic rings. The third-order valence-corrected chi connectivity index (χ3v) is 4.46. The van der Waals surface area contributed by atoms with E-state index in [1.165, 1.54) is 52.0 Å². The van der Waals surface area contributed by atoms with Crippen molar-refractivity contribution in [2.45, 2.75) is 51.7 Å². The van der Waals surface area contributed by atoms with Crippen LogP contribution < -0.4 is 5.32 Å². The molecule has 2 aliphatic heterocycles. The zero-order chi connectivity index (χ0) is 14.2. The van der Waals surface area contributed by atoms with Gasteiger partial charge < -0.3 is 15.0 Å². The highest BCUT2D eigenvalue weighted by Crippen LogP contribution is 2.19. The Hall–Kier alpha value is -0.160. The van der Waals surface area contributed by atoms with E-state index in [1.54, 1.807) is 0 Å². The number of ether oxygens (including phenoxy) is 1. The van der Waals surface area contributed by atoms with Gasteiger partial charge in [0.2, 0.25) is 0 Å². The van der Waals surface area contributed by atoms with Crippen LogP contribution in [0.5, 0.6) is 0 Å². The molecular weight excluding hydrogens is 250 g/mol. The van der Waals surface area contributed by atoms with Crippen LogP contribution in [-0.2, 0) is 4.74 Å². The molecule has 2 saturated heterocycles. The third kappa shape index (κ3) is 5.68. The van der Waals surface area contributed by atoms with Crippen LogP contribution in [0.1, 0.15) is 39.5 Å². The average Bonchev–Trinajstić information content (AvgIpc) is 3.08. The summed E-state index contributed by atoms with van der Waals surface area (Å²) in [6.07, 6.45) is 5.69. The van der Waals surface area contributed by atoms with Crippen LogP contribution in [0.2, 0.25) is 0 Å². The van der Waals surface area contributed by atoms with Gasteiger partial charge in [0.25, 0.3) is 0 Å². The molecule has 0 aromatic heterocycles. The molecule has 118 valence electrons.